The molecule has 0 aliphatic heterocycles. The maximum atomic E-state index is 11.4. The van der Waals surface area contributed by atoms with E-state index in [1.54, 1.807) is 7.05 Å². The van der Waals surface area contributed by atoms with Crippen molar-refractivity contribution in [2.24, 2.45) is 0 Å². The minimum absolute atomic E-state index is 0.471. The third-order valence-electron chi connectivity index (χ3n) is 1.40. The van der Waals surface area contributed by atoms with Gasteiger partial charge in [0.15, 0.2) is 0 Å². The Bertz CT molecular complexity index is 210. The summed E-state index contributed by atoms with van der Waals surface area (Å²) >= 11 is 21.9. The monoisotopic (exact) mass is 296 g/mol. The molecule has 0 bridgehead atoms. The topological polar surface area (TPSA) is 41.6 Å². The molecule has 0 rings (SSSR count). The zero-order chi connectivity index (χ0) is 12.1. The van der Waals surface area contributed by atoms with Crippen LogP contribution in [0, 0.1) is 0 Å². The maximum Gasteiger partial charge on any atom is 0.425 e. The Morgan fingerprint density at radius 3 is 2.40 bits per heavy atom. The highest BCUT2D eigenvalue weighted by molar-refractivity contribution is 6.70. The SMILES string of the molecule is CCCN(NC)C(=O)OC(Cl)C(Cl)(Cl)Cl. The molecule has 0 aliphatic carbocycles. The standard InChI is InChI=1S/C7H12Cl4N2O2/c1-3-4-13(12-2)6(14)15-5(8)7(9,10)11/h5,12H,3-4H2,1-2H3. The first kappa shape index (κ1) is 15.4. The molecule has 8 heteroatoms. The molecule has 0 fully saturated rings. The van der Waals surface area contributed by atoms with Crippen LogP contribution in [0.2, 0.25) is 0 Å². The molecule has 4 nitrogen and oxygen atoms in total. The molecule has 0 heterocycles. The Morgan fingerprint density at radius 1 is 1.53 bits per heavy atom. The highest BCUT2D eigenvalue weighted by Crippen LogP contribution is 2.34. The predicted octanol–water partition coefficient (Wildman–Crippen LogP) is 2.90. The molecule has 0 saturated heterocycles. The molecule has 1 amide bonds. The number of rotatable bonds is 4. The molecule has 15 heavy (non-hydrogen) atoms. The van der Waals surface area contributed by atoms with E-state index < -0.39 is 15.4 Å². The summed E-state index contributed by atoms with van der Waals surface area (Å²) in [5.41, 5.74) is 1.30. The fourth-order valence-corrected chi connectivity index (χ4v) is 0.947. The van der Waals surface area contributed by atoms with Crippen molar-refractivity contribution in [3.63, 3.8) is 0 Å². The van der Waals surface area contributed by atoms with Gasteiger partial charge in [-0.3, -0.25) is 0 Å². The van der Waals surface area contributed by atoms with Gasteiger partial charge in [0, 0.05) is 13.6 Å². The van der Waals surface area contributed by atoms with Crippen LogP contribution in [0.4, 0.5) is 4.79 Å². The van der Waals surface area contributed by atoms with Gasteiger partial charge in [-0.25, -0.2) is 15.2 Å². The molecule has 0 aliphatic rings. The maximum absolute atomic E-state index is 11.4. The lowest BCUT2D eigenvalue weighted by Gasteiger charge is -2.24. The van der Waals surface area contributed by atoms with Gasteiger partial charge in [-0.1, -0.05) is 53.3 Å². The molecule has 0 spiro atoms. The van der Waals surface area contributed by atoms with Crippen LogP contribution >= 0.6 is 46.4 Å². The molecule has 1 N–H and O–H groups in total. The smallest absolute Gasteiger partial charge is 0.424 e. The quantitative estimate of drug-likeness (QED) is 0.641. The van der Waals surface area contributed by atoms with Gasteiger partial charge in [-0.2, -0.15) is 0 Å². The summed E-state index contributed by atoms with van der Waals surface area (Å²) in [6.07, 6.45) is 0.0714. The van der Waals surface area contributed by atoms with E-state index in [0.29, 0.717) is 6.54 Å². The number of nitrogens with zero attached hydrogens (tertiary/aromatic N) is 1. The van der Waals surface area contributed by atoms with E-state index in [9.17, 15) is 4.79 Å². The largest absolute Gasteiger partial charge is 0.425 e. The summed E-state index contributed by atoms with van der Waals surface area (Å²) in [6, 6.07) is 0. The van der Waals surface area contributed by atoms with Crippen molar-refractivity contribution in [3.05, 3.63) is 0 Å². The molecule has 0 aromatic rings. The van der Waals surface area contributed by atoms with Gasteiger partial charge >= 0.3 is 6.09 Å². The van der Waals surface area contributed by atoms with Crippen molar-refractivity contribution >= 4 is 52.5 Å². The Labute approximate surface area is 109 Å². The average Bonchev–Trinajstić information content (AvgIpc) is 2.12. The number of hydrogen-bond donors (Lipinski definition) is 1. The van der Waals surface area contributed by atoms with Crippen LogP contribution in [-0.4, -0.2) is 34.1 Å². The zero-order valence-electron chi connectivity index (χ0n) is 8.27. The van der Waals surface area contributed by atoms with Crippen LogP contribution in [0.1, 0.15) is 13.3 Å². The Hall–Kier alpha value is 0.390. The highest BCUT2D eigenvalue weighted by atomic mass is 35.6. The minimum Gasteiger partial charge on any atom is -0.424 e. The molecule has 0 radical (unpaired) electrons. The van der Waals surface area contributed by atoms with Gasteiger partial charge in [-0.05, 0) is 6.42 Å². The molecule has 0 aromatic heterocycles. The third kappa shape index (κ3) is 5.88. The second kappa shape index (κ2) is 6.86. The van der Waals surface area contributed by atoms with E-state index in [0.717, 1.165) is 6.42 Å². The van der Waals surface area contributed by atoms with Crippen molar-refractivity contribution in [1.82, 2.24) is 10.4 Å². The first-order valence-corrected chi connectivity index (χ1v) is 5.76. The highest BCUT2D eigenvalue weighted by Gasteiger charge is 2.35. The second-order valence-corrected chi connectivity index (χ2v) is 5.38. The van der Waals surface area contributed by atoms with Crippen LogP contribution in [-0.2, 0) is 4.74 Å². The molecule has 0 saturated carbocycles. The van der Waals surface area contributed by atoms with Crippen molar-refractivity contribution < 1.29 is 9.53 Å². The van der Waals surface area contributed by atoms with Crippen LogP contribution in [0.5, 0.6) is 0 Å². The van der Waals surface area contributed by atoms with E-state index in [4.69, 9.17) is 51.1 Å². The summed E-state index contributed by atoms with van der Waals surface area (Å²) in [5, 5.41) is 1.23. The zero-order valence-corrected chi connectivity index (χ0v) is 11.3. The first-order valence-electron chi connectivity index (χ1n) is 4.19. The number of hydrazine groups is 1. The Morgan fingerprint density at radius 2 is 2.07 bits per heavy atom. The van der Waals surface area contributed by atoms with E-state index in [1.807, 2.05) is 6.92 Å². The fraction of sp³-hybridized carbons (Fsp3) is 0.857. The van der Waals surface area contributed by atoms with E-state index >= 15 is 0 Å². The van der Waals surface area contributed by atoms with Gasteiger partial charge in [-0.15, -0.1) is 0 Å². The molecule has 1 atom stereocenters. The molecular weight excluding hydrogens is 286 g/mol. The van der Waals surface area contributed by atoms with Gasteiger partial charge in [0.25, 0.3) is 0 Å². The molecule has 0 aromatic carbocycles. The third-order valence-corrected chi connectivity index (χ3v) is 2.75. The molecule has 1 unspecified atom stereocenters. The van der Waals surface area contributed by atoms with Crippen LogP contribution in [0.3, 0.4) is 0 Å². The van der Waals surface area contributed by atoms with Crippen molar-refractivity contribution in [1.29, 1.82) is 0 Å². The summed E-state index contributed by atoms with van der Waals surface area (Å²) in [6.45, 7) is 2.38. The second-order valence-electron chi connectivity index (χ2n) is 2.62. The van der Waals surface area contributed by atoms with Crippen molar-refractivity contribution in [3.8, 4) is 0 Å². The fourth-order valence-electron chi connectivity index (χ4n) is 0.737. The Kier molecular flexibility index (Phi) is 7.04. The number of ether oxygens (including phenoxy) is 1. The number of nitrogens with one attached hydrogen (secondary N) is 1. The first-order chi connectivity index (χ1) is 6.82. The summed E-state index contributed by atoms with van der Waals surface area (Å²) in [5.74, 6) is 0. The molecular formula is C7H12Cl4N2O2. The van der Waals surface area contributed by atoms with E-state index in [1.165, 1.54) is 5.01 Å². The van der Waals surface area contributed by atoms with Crippen LogP contribution in [0.15, 0.2) is 0 Å². The van der Waals surface area contributed by atoms with E-state index in [-0.39, 0.29) is 0 Å². The van der Waals surface area contributed by atoms with E-state index in [2.05, 4.69) is 5.43 Å². The summed E-state index contributed by atoms with van der Waals surface area (Å²) in [4.78, 5) is 11.4. The van der Waals surface area contributed by atoms with Gasteiger partial charge in [0.1, 0.15) is 0 Å². The van der Waals surface area contributed by atoms with Crippen LogP contribution in [0.25, 0.3) is 0 Å². The van der Waals surface area contributed by atoms with Crippen LogP contribution < -0.4 is 5.43 Å². The summed E-state index contributed by atoms with van der Waals surface area (Å²) in [7, 11) is 1.58. The van der Waals surface area contributed by atoms with Crippen molar-refractivity contribution in [2.75, 3.05) is 13.6 Å². The predicted molar refractivity (Wildman–Crippen MR) is 62.5 cm³/mol. The Balaban J connectivity index is 4.22. The lowest BCUT2D eigenvalue weighted by Crippen LogP contribution is -2.43. The van der Waals surface area contributed by atoms with Gasteiger partial charge in [0.2, 0.25) is 9.36 Å². The number of carbonyl (C=O) groups excluding carboxylic acids is 1. The number of amides is 1. The number of hydrogen-bond acceptors (Lipinski definition) is 3. The number of alkyl halides is 4. The minimum atomic E-state index is -1.84. The number of halogens is 4. The molecule has 90 valence electrons. The number of carbonyl (C=O) groups is 1. The average molecular weight is 298 g/mol. The normalized spacial score (nSPS) is 13.5. The van der Waals surface area contributed by atoms with Gasteiger partial charge < -0.3 is 4.74 Å². The lowest BCUT2D eigenvalue weighted by atomic mass is 10.5. The van der Waals surface area contributed by atoms with Gasteiger partial charge in [0.05, 0.1) is 0 Å². The van der Waals surface area contributed by atoms with Crippen molar-refractivity contribution in [2.45, 2.75) is 22.7 Å². The lowest BCUT2D eigenvalue weighted by molar-refractivity contribution is 0.0772. The summed E-state index contributed by atoms with van der Waals surface area (Å²) < 4.78 is 2.87.